The summed E-state index contributed by atoms with van der Waals surface area (Å²) in [5.41, 5.74) is -0.444. The van der Waals surface area contributed by atoms with Crippen molar-refractivity contribution < 1.29 is 4.79 Å². The van der Waals surface area contributed by atoms with Crippen LogP contribution >= 0.6 is 0 Å². The zero-order valence-electron chi connectivity index (χ0n) is 12.4. The van der Waals surface area contributed by atoms with Gasteiger partial charge in [0.1, 0.15) is 0 Å². The third kappa shape index (κ3) is 3.77. The minimum atomic E-state index is -0.444. The Morgan fingerprint density at radius 3 is 2.78 bits per heavy atom. The van der Waals surface area contributed by atoms with E-state index in [0.717, 1.165) is 0 Å². The molecule has 0 spiro atoms. The summed E-state index contributed by atoms with van der Waals surface area (Å²) in [6, 6.07) is 3.41. The second-order valence-electron chi connectivity index (χ2n) is 5.13. The first-order chi connectivity index (χ1) is 11.2. The molecule has 1 N–H and O–H groups in total. The van der Waals surface area contributed by atoms with E-state index in [2.05, 4.69) is 36.5 Å². The Morgan fingerprint density at radius 1 is 1.30 bits per heavy atom. The molecule has 116 valence electrons. The highest BCUT2D eigenvalue weighted by molar-refractivity contribution is 5.89. The van der Waals surface area contributed by atoms with Gasteiger partial charge < -0.3 is 5.32 Å². The van der Waals surface area contributed by atoms with E-state index in [0.29, 0.717) is 37.4 Å². The second kappa shape index (κ2) is 6.36. The summed E-state index contributed by atoms with van der Waals surface area (Å²) in [7, 11) is 0. The number of anilines is 1. The molecule has 0 saturated carbocycles. The van der Waals surface area contributed by atoms with Crippen molar-refractivity contribution in [2.24, 2.45) is 10.2 Å². The third-order valence-corrected chi connectivity index (χ3v) is 3.42. The Labute approximate surface area is 133 Å². The van der Waals surface area contributed by atoms with Crippen LogP contribution < -0.4 is 5.32 Å². The van der Waals surface area contributed by atoms with Crippen molar-refractivity contribution in [2.75, 3.05) is 5.32 Å². The zero-order chi connectivity index (χ0) is 16.1. The number of carbonyl (C=O) groups is 1. The monoisotopic (exact) mass is 309 g/mol. The Bertz CT molecular complexity index is 754. The average Bonchev–Trinajstić information content (AvgIpc) is 3.21. The third-order valence-electron chi connectivity index (χ3n) is 3.42. The molecule has 2 aromatic heterocycles. The number of carbonyl (C=O) groups excluding carboxylic acids is 1. The fraction of sp³-hybridized carbons (Fsp3) is 0.333. The molecule has 8 nitrogen and oxygen atoms in total. The number of terminal acetylenes is 1. The van der Waals surface area contributed by atoms with Crippen LogP contribution in [-0.2, 0) is 4.79 Å². The van der Waals surface area contributed by atoms with Gasteiger partial charge in [-0.2, -0.15) is 10.2 Å². The molecule has 0 fully saturated rings. The minimum Gasteiger partial charge on any atom is -0.309 e. The average molecular weight is 309 g/mol. The van der Waals surface area contributed by atoms with E-state index in [-0.39, 0.29) is 5.91 Å². The maximum atomic E-state index is 12.0. The highest BCUT2D eigenvalue weighted by atomic mass is 16.1. The van der Waals surface area contributed by atoms with Crippen molar-refractivity contribution in [1.29, 1.82) is 0 Å². The summed E-state index contributed by atoms with van der Waals surface area (Å²) < 4.78 is 1.50. The van der Waals surface area contributed by atoms with Crippen molar-refractivity contribution in [1.82, 2.24) is 19.7 Å². The van der Waals surface area contributed by atoms with Gasteiger partial charge in [0.15, 0.2) is 11.5 Å². The molecule has 1 amide bonds. The quantitative estimate of drug-likeness (QED) is 0.790. The smallest absolute Gasteiger partial charge is 0.250 e. The van der Waals surface area contributed by atoms with E-state index < -0.39 is 5.66 Å². The molecular weight excluding hydrogens is 294 g/mol. The van der Waals surface area contributed by atoms with Gasteiger partial charge >= 0.3 is 0 Å². The minimum absolute atomic E-state index is 0.137. The fourth-order valence-corrected chi connectivity index (χ4v) is 2.10. The second-order valence-corrected chi connectivity index (χ2v) is 5.13. The Morgan fingerprint density at radius 2 is 2.09 bits per heavy atom. The van der Waals surface area contributed by atoms with Crippen LogP contribution in [0.15, 0.2) is 41.0 Å². The van der Waals surface area contributed by atoms with Crippen LogP contribution in [0.25, 0.3) is 5.95 Å². The lowest BCUT2D eigenvalue weighted by molar-refractivity contribution is -0.116. The predicted octanol–water partition coefficient (Wildman–Crippen LogP) is 1.96. The highest BCUT2D eigenvalue weighted by Crippen LogP contribution is 2.37. The highest BCUT2D eigenvalue weighted by Gasteiger charge is 2.39. The number of hydrogen-bond donors (Lipinski definition) is 1. The van der Waals surface area contributed by atoms with Gasteiger partial charge in [0.25, 0.3) is 0 Å². The lowest BCUT2D eigenvalue weighted by Gasteiger charge is -2.08. The first-order valence-electron chi connectivity index (χ1n) is 7.21. The van der Waals surface area contributed by atoms with Gasteiger partial charge in [-0.15, -0.1) is 17.4 Å². The molecule has 0 aromatic carbocycles. The van der Waals surface area contributed by atoms with E-state index in [1.807, 2.05) is 0 Å². The van der Waals surface area contributed by atoms with Crippen molar-refractivity contribution in [3.8, 4) is 18.3 Å². The van der Waals surface area contributed by atoms with Crippen molar-refractivity contribution >= 4 is 11.7 Å². The molecule has 0 aliphatic carbocycles. The van der Waals surface area contributed by atoms with Gasteiger partial charge in [-0.3, -0.25) is 4.79 Å². The van der Waals surface area contributed by atoms with Gasteiger partial charge in [-0.25, -0.2) is 14.6 Å². The summed E-state index contributed by atoms with van der Waals surface area (Å²) in [4.78, 5) is 20.2. The molecule has 23 heavy (non-hydrogen) atoms. The largest absolute Gasteiger partial charge is 0.309 e. The lowest BCUT2D eigenvalue weighted by Crippen LogP contribution is -2.18. The summed E-state index contributed by atoms with van der Waals surface area (Å²) in [6.45, 7) is 0. The SMILES string of the molecule is C#CCCC1(CCC(=O)Nc2ccn(-c3ncccn3)n2)N=N1. The number of amides is 1. The van der Waals surface area contributed by atoms with Crippen molar-refractivity contribution in [3.05, 3.63) is 30.7 Å². The summed E-state index contributed by atoms with van der Waals surface area (Å²) in [5.74, 6) is 3.32. The first kappa shape index (κ1) is 14.8. The summed E-state index contributed by atoms with van der Waals surface area (Å²) >= 11 is 0. The van der Waals surface area contributed by atoms with Gasteiger partial charge in [-0.05, 0) is 6.07 Å². The van der Waals surface area contributed by atoms with E-state index in [1.54, 1.807) is 30.7 Å². The van der Waals surface area contributed by atoms with Gasteiger partial charge in [0, 0.05) is 50.3 Å². The van der Waals surface area contributed by atoms with Gasteiger partial charge in [0.05, 0.1) is 0 Å². The number of nitrogens with zero attached hydrogens (tertiary/aromatic N) is 6. The summed E-state index contributed by atoms with van der Waals surface area (Å²) in [6.07, 6.45) is 12.3. The maximum absolute atomic E-state index is 12.0. The van der Waals surface area contributed by atoms with Gasteiger partial charge in [-0.1, -0.05) is 0 Å². The molecule has 1 aliphatic rings. The molecule has 8 heteroatoms. The molecule has 0 bridgehead atoms. The molecule has 3 rings (SSSR count). The van der Waals surface area contributed by atoms with Crippen molar-refractivity contribution in [3.63, 3.8) is 0 Å². The van der Waals surface area contributed by atoms with Crippen molar-refractivity contribution in [2.45, 2.75) is 31.3 Å². The lowest BCUT2D eigenvalue weighted by atomic mass is 10.0. The fourth-order valence-electron chi connectivity index (χ4n) is 2.10. The number of nitrogens with one attached hydrogen (secondary N) is 1. The van der Waals surface area contributed by atoms with Crippen LogP contribution in [0.1, 0.15) is 25.7 Å². The Kier molecular flexibility index (Phi) is 4.10. The molecular formula is C15H15N7O. The molecule has 2 aromatic rings. The van der Waals surface area contributed by atoms with E-state index in [9.17, 15) is 4.79 Å². The topological polar surface area (TPSA) is 97.4 Å². The molecule has 0 unspecified atom stereocenters. The van der Waals surface area contributed by atoms with Gasteiger partial charge in [0.2, 0.25) is 11.9 Å². The number of aromatic nitrogens is 4. The van der Waals surface area contributed by atoms with Crippen LogP contribution in [0.2, 0.25) is 0 Å². The first-order valence-corrected chi connectivity index (χ1v) is 7.21. The maximum Gasteiger partial charge on any atom is 0.250 e. The van der Waals surface area contributed by atoms with E-state index >= 15 is 0 Å². The summed E-state index contributed by atoms with van der Waals surface area (Å²) in [5, 5.41) is 15.0. The van der Waals surface area contributed by atoms with E-state index in [4.69, 9.17) is 6.42 Å². The van der Waals surface area contributed by atoms with Crippen LogP contribution in [0.4, 0.5) is 5.82 Å². The molecule has 0 radical (unpaired) electrons. The molecule has 0 saturated heterocycles. The number of hydrogen-bond acceptors (Lipinski definition) is 6. The molecule has 3 heterocycles. The standard InChI is InChI=1S/C15H15N7O/c1-2-3-7-15(20-21-15)8-5-13(23)18-12-6-11-22(19-12)14-16-9-4-10-17-14/h1,4,6,9-11H,3,5,7-8H2,(H,18,19,23). The van der Waals surface area contributed by atoms with E-state index in [1.165, 1.54) is 4.68 Å². The van der Waals surface area contributed by atoms with Crippen LogP contribution in [0.5, 0.6) is 0 Å². The molecule has 1 aliphatic heterocycles. The Balaban J connectivity index is 1.51. The Hall–Kier alpha value is -3.08. The normalized spacial score (nSPS) is 14.2. The number of rotatable bonds is 7. The van der Waals surface area contributed by atoms with Crippen LogP contribution in [0, 0.1) is 12.3 Å². The zero-order valence-corrected chi connectivity index (χ0v) is 12.4. The molecule has 0 atom stereocenters. The predicted molar refractivity (Wildman–Crippen MR) is 82.7 cm³/mol. The van der Waals surface area contributed by atoms with Crippen LogP contribution in [-0.4, -0.2) is 31.3 Å². The van der Waals surface area contributed by atoms with Crippen LogP contribution in [0.3, 0.4) is 0 Å².